The quantitative estimate of drug-likeness (QED) is 0.672. The zero-order valence-electron chi connectivity index (χ0n) is 15.2. The Hall–Kier alpha value is -1.92. The van der Waals surface area contributed by atoms with Gasteiger partial charge in [-0.2, -0.15) is 0 Å². The van der Waals surface area contributed by atoms with Crippen molar-refractivity contribution >= 4 is 11.4 Å². The van der Waals surface area contributed by atoms with E-state index >= 15 is 0 Å². The first-order valence-corrected chi connectivity index (χ1v) is 9.29. The van der Waals surface area contributed by atoms with Crippen molar-refractivity contribution in [3.63, 3.8) is 0 Å². The Morgan fingerprint density at radius 2 is 2.12 bits per heavy atom. The molecule has 3 rings (SSSR count). The van der Waals surface area contributed by atoms with Crippen LogP contribution < -0.4 is 5.32 Å². The molecule has 1 amide bonds. The fraction of sp³-hybridized carbons (Fsp3) is 0.579. The zero-order valence-corrected chi connectivity index (χ0v) is 15.2. The van der Waals surface area contributed by atoms with Crippen molar-refractivity contribution in [2.24, 2.45) is 0 Å². The lowest BCUT2D eigenvalue weighted by Gasteiger charge is -2.17. The molecule has 1 saturated carbocycles. The number of carbonyl (C=O) groups is 1. The molecule has 1 aliphatic carbocycles. The van der Waals surface area contributed by atoms with Crippen molar-refractivity contribution in [1.29, 1.82) is 0 Å². The predicted octanol–water partition coefficient (Wildman–Crippen LogP) is 2.30. The van der Waals surface area contributed by atoms with Gasteiger partial charge in [0.2, 0.25) is 0 Å². The molecule has 0 radical (unpaired) electrons. The maximum Gasteiger partial charge on any atom is 0.272 e. The van der Waals surface area contributed by atoms with Gasteiger partial charge < -0.3 is 19.4 Å². The normalized spacial score (nSPS) is 14.4. The number of fused-ring (bicyclic) bond motifs is 1. The molecule has 6 heteroatoms. The molecule has 0 aromatic carbocycles. The van der Waals surface area contributed by atoms with Crippen LogP contribution >= 0.6 is 0 Å². The Labute approximate surface area is 149 Å². The van der Waals surface area contributed by atoms with Gasteiger partial charge in [0.25, 0.3) is 5.91 Å². The number of carbonyl (C=O) groups excluding carboxylic acids is 1. The molecular weight excluding hydrogens is 316 g/mol. The third kappa shape index (κ3) is 4.38. The van der Waals surface area contributed by atoms with Crippen molar-refractivity contribution in [3.8, 4) is 0 Å². The highest BCUT2D eigenvalue weighted by atomic mass is 16.5. The summed E-state index contributed by atoms with van der Waals surface area (Å²) in [5, 5.41) is 2.93. The second-order valence-electron chi connectivity index (χ2n) is 6.44. The van der Waals surface area contributed by atoms with Crippen LogP contribution in [0.2, 0.25) is 0 Å². The topological polar surface area (TPSA) is 58.9 Å². The van der Waals surface area contributed by atoms with Crippen LogP contribution in [0, 0.1) is 0 Å². The highest BCUT2D eigenvalue weighted by molar-refractivity contribution is 5.99. The van der Waals surface area contributed by atoms with E-state index in [1.807, 2.05) is 28.8 Å². The maximum absolute atomic E-state index is 12.5. The van der Waals surface area contributed by atoms with E-state index in [9.17, 15) is 4.79 Å². The number of ether oxygens (including phenoxy) is 1. The van der Waals surface area contributed by atoms with E-state index in [2.05, 4.69) is 29.0 Å². The number of hydrogen-bond donors (Lipinski definition) is 1. The summed E-state index contributed by atoms with van der Waals surface area (Å²) in [5.74, 6) is 1.39. The highest BCUT2D eigenvalue weighted by Gasteiger charge is 2.30. The number of nitrogens with one attached hydrogen (secondary N) is 1. The van der Waals surface area contributed by atoms with E-state index in [4.69, 9.17) is 4.74 Å². The van der Waals surface area contributed by atoms with Crippen LogP contribution in [0.3, 0.4) is 0 Å². The summed E-state index contributed by atoms with van der Waals surface area (Å²) in [7, 11) is 0. The summed E-state index contributed by atoms with van der Waals surface area (Å²) in [6.45, 7) is 9.01. The van der Waals surface area contributed by atoms with Gasteiger partial charge in [0.1, 0.15) is 5.82 Å². The molecule has 0 bridgehead atoms. The van der Waals surface area contributed by atoms with Crippen LogP contribution in [0.4, 0.5) is 0 Å². The van der Waals surface area contributed by atoms with E-state index in [1.54, 1.807) is 0 Å². The average Bonchev–Trinajstić information content (AvgIpc) is 3.41. The largest absolute Gasteiger partial charge is 0.378 e. The number of likely N-dealkylation sites (N-methyl/N-ethyl adjacent to an activating group) is 1. The SMILES string of the molecule is CCN(CC)CCOCCNC(=O)c1nc(C2CC2)n2ccccc12. The smallest absolute Gasteiger partial charge is 0.272 e. The van der Waals surface area contributed by atoms with Crippen molar-refractivity contribution in [2.75, 3.05) is 39.4 Å². The van der Waals surface area contributed by atoms with Gasteiger partial charge in [-0.05, 0) is 38.1 Å². The van der Waals surface area contributed by atoms with Gasteiger partial charge in [-0.3, -0.25) is 4.79 Å². The standard InChI is InChI=1S/C19H28N4O2/c1-3-22(4-2)12-14-25-13-10-20-19(24)17-16-7-5-6-11-23(16)18(21-17)15-8-9-15/h5-7,11,15H,3-4,8-10,12-14H2,1-2H3,(H,20,24). The van der Waals surface area contributed by atoms with Crippen molar-refractivity contribution in [1.82, 2.24) is 19.6 Å². The summed E-state index contributed by atoms with van der Waals surface area (Å²) >= 11 is 0. The summed E-state index contributed by atoms with van der Waals surface area (Å²) in [4.78, 5) is 19.4. The molecule has 0 spiro atoms. The number of imidazole rings is 1. The number of hydrogen-bond acceptors (Lipinski definition) is 4. The Morgan fingerprint density at radius 3 is 2.84 bits per heavy atom. The zero-order chi connectivity index (χ0) is 17.6. The van der Waals surface area contributed by atoms with Gasteiger partial charge in [-0.1, -0.05) is 19.9 Å². The van der Waals surface area contributed by atoms with Crippen LogP contribution in [0.15, 0.2) is 24.4 Å². The third-order valence-electron chi connectivity index (χ3n) is 4.71. The van der Waals surface area contributed by atoms with Gasteiger partial charge in [-0.15, -0.1) is 0 Å². The molecule has 0 atom stereocenters. The monoisotopic (exact) mass is 344 g/mol. The molecule has 25 heavy (non-hydrogen) atoms. The molecule has 0 saturated heterocycles. The van der Waals surface area contributed by atoms with Gasteiger partial charge >= 0.3 is 0 Å². The van der Waals surface area contributed by atoms with Crippen molar-refractivity contribution in [3.05, 3.63) is 35.9 Å². The molecule has 2 aromatic rings. The number of pyridine rings is 1. The Bertz CT molecular complexity index is 705. The van der Waals surface area contributed by atoms with Gasteiger partial charge in [-0.25, -0.2) is 4.98 Å². The van der Waals surface area contributed by atoms with Crippen LogP contribution in [-0.2, 0) is 4.74 Å². The van der Waals surface area contributed by atoms with Crippen molar-refractivity contribution in [2.45, 2.75) is 32.6 Å². The summed E-state index contributed by atoms with van der Waals surface area (Å²) in [6, 6.07) is 5.88. The summed E-state index contributed by atoms with van der Waals surface area (Å²) < 4.78 is 7.66. The van der Waals surface area contributed by atoms with Gasteiger partial charge in [0.05, 0.1) is 18.7 Å². The minimum Gasteiger partial charge on any atom is -0.378 e. The van der Waals surface area contributed by atoms with Gasteiger partial charge in [0.15, 0.2) is 5.69 Å². The molecule has 2 aromatic heterocycles. The minimum absolute atomic E-state index is 0.122. The number of amides is 1. The molecule has 0 unspecified atom stereocenters. The van der Waals surface area contributed by atoms with Crippen LogP contribution in [0.1, 0.15) is 48.9 Å². The molecule has 1 fully saturated rings. The predicted molar refractivity (Wildman–Crippen MR) is 98.1 cm³/mol. The lowest BCUT2D eigenvalue weighted by Crippen LogP contribution is -2.30. The number of nitrogens with zero attached hydrogens (tertiary/aromatic N) is 3. The van der Waals surface area contributed by atoms with Crippen LogP contribution in [-0.4, -0.2) is 59.6 Å². The fourth-order valence-electron chi connectivity index (χ4n) is 3.01. The number of rotatable bonds is 10. The summed E-state index contributed by atoms with van der Waals surface area (Å²) in [6.07, 6.45) is 4.31. The molecule has 0 aliphatic heterocycles. The van der Waals surface area contributed by atoms with E-state index in [0.29, 0.717) is 31.4 Å². The Kier molecular flexibility index (Phi) is 6.04. The lowest BCUT2D eigenvalue weighted by atomic mass is 10.3. The third-order valence-corrected chi connectivity index (χ3v) is 4.71. The fourth-order valence-corrected chi connectivity index (χ4v) is 3.01. The summed E-state index contributed by atoms with van der Waals surface area (Å²) in [5.41, 5.74) is 1.40. The Morgan fingerprint density at radius 1 is 1.32 bits per heavy atom. The van der Waals surface area contributed by atoms with Crippen LogP contribution in [0.25, 0.3) is 5.52 Å². The Balaban J connectivity index is 1.50. The minimum atomic E-state index is -0.122. The molecule has 1 aliphatic rings. The second kappa shape index (κ2) is 8.45. The maximum atomic E-state index is 12.5. The number of aromatic nitrogens is 2. The van der Waals surface area contributed by atoms with E-state index in [-0.39, 0.29) is 5.91 Å². The lowest BCUT2D eigenvalue weighted by molar-refractivity contribution is 0.0882. The first kappa shape index (κ1) is 17.9. The molecule has 1 N–H and O–H groups in total. The van der Waals surface area contributed by atoms with E-state index in [0.717, 1.165) is 43.8 Å². The molecular formula is C19H28N4O2. The van der Waals surface area contributed by atoms with Crippen LogP contribution in [0.5, 0.6) is 0 Å². The van der Waals surface area contributed by atoms with E-state index < -0.39 is 0 Å². The van der Waals surface area contributed by atoms with Gasteiger partial charge in [0, 0.05) is 25.2 Å². The highest BCUT2D eigenvalue weighted by Crippen LogP contribution is 2.39. The molecule has 136 valence electrons. The first-order valence-electron chi connectivity index (χ1n) is 9.29. The van der Waals surface area contributed by atoms with Crippen molar-refractivity contribution < 1.29 is 9.53 Å². The second-order valence-corrected chi connectivity index (χ2v) is 6.44. The first-order chi connectivity index (χ1) is 12.2. The van der Waals surface area contributed by atoms with E-state index in [1.165, 1.54) is 0 Å². The average molecular weight is 344 g/mol. The molecule has 2 heterocycles. The molecule has 6 nitrogen and oxygen atoms in total.